The molecule has 0 radical (unpaired) electrons. The number of nitrogens with two attached hydrogens (primary N) is 1. The number of carboxylic acid groups (broad SMARTS) is 1. The Kier molecular flexibility index (Phi) is 5.09. The minimum Gasteiger partial charge on any atom is -0.481 e. The summed E-state index contributed by atoms with van der Waals surface area (Å²) in [5.74, 6) is -0.0115. The van der Waals surface area contributed by atoms with Gasteiger partial charge in [0, 0.05) is 20.8 Å². The molecule has 0 fully saturated rings. The van der Waals surface area contributed by atoms with Crippen molar-refractivity contribution in [3.63, 3.8) is 0 Å². The summed E-state index contributed by atoms with van der Waals surface area (Å²) in [7, 11) is 0. The van der Waals surface area contributed by atoms with Crippen molar-refractivity contribution in [3.05, 3.63) is 58.1 Å². The predicted molar refractivity (Wildman–Crippen MR) is 85.9 cm³/mol. The quantitative estimate of drug-likeness (QED) is 0.632. The normalized spacial score (nSPS) is 10.4. The molecule has 0 spiro atoms. The van der Waals surface area contributed by atoms with E-state index in [-0.39, 0.29) is 6.42 Å². The molecule has 0 aliphatic rings. The summed E-state index contributed by atoms with van der Waals surface area (Å²) in [5, 5.41) is 8.72. The van der Waals surface area contributed by atoms with Crippen LogP contribution in [0.2, 0.25) is 0 Å². The molecule has 0 bridgehead atoms. The van der Waals surface area contributed by atoms with Crippen LogP contribution >= 0.6 is 27.7 Å². The smallest absolute Gasteiger partial charge is 0.307 e. The Hall–Kier alpha value is -1.46. The van der Waals surface area contributed by atoms with Gasteiger partial charge in [-0.25, -0.2) is 0 Å². The van der Waals surface area contributed by atoms with E-state index in [1.807, 2.05) is 42.5 Å². The number of halogens is 1. The number of nitrogen functional groups attached to an aromatic ring is 1. The molecule has 0 aromatic heterocycles. The monoisotopic (exact) mass is 351 g/mol. The van der Waals surface area contributed by atoms with Gasteiger partial charge in [0.1, 0.15) is 0 Å². The molecule has 0 aliphatic heterocycles. The lowest BCUT2D eigenvalue weighted by Crippen LogP contribution is -1.99. The summed E-state index contributed by atoms with van der Waals surface area (Å²) in [6, 6.07) is 13.4. The van der Waals surface area contributed by atoms with E-state index in [0.717, 1.165) is 31.9 Å². The molecule has 3 N–H and O–H groups in total. The van der Waals surface area contributed by atoms with Crippen LogP contribution in [0.1, 0.15) is 11.1 Å². The molecule has 2 aromatic rings. The van der Waals surface area contributed by atoms with Crippen molar-refractivity contribution in [2.24, 2.45) is 0 Å². The summed E-state index contributed by atoms with van der Waals surface area (Å²) >= 11 is 5.09. The Morgan fingerprint density at radius 1 is 1.15 bits per heavy atom. The Morgan fingerprint density at radius 3 is 2.45 bits per heavy atom. The molecular weight excluding hydrogens is 338 g/mol. The first-order valence-corrected chi connectivity index (χ1v) is 7.80. The van der Waals surface area contributed by atoms with Crippen molar-refractivity contribution in [1.82, 2.24) is 0 Å². The van der Waals surface area contributed by atoms with Gasteiger partial charge in [-0.1, -0.05) is 40.2 Å². The van der Waals surface area contributed by atoms with Crippen LogP contribution in [0, 0.1) is 0 Å². The number of thioether (sulfide) groups is 1. The molecule has 0 saturated carbocycles. The van der Waals surface area contributed by atoms with E-state index in [4.69, 9.17) is 10.8 Å². The first-order valence-electron chi connectivity index (χ1n) is 6.02. The van der Waals surface area contributed by atoms with Crippen molar-refractivity contribution in [2.45, 2.75) is 17.1 Å². The molecule has 0 amide bonds. The Balaban J connectivity index is 2.00. The maximum atomic E-state index is 10.6. The van der Waals surface area contributed by atoms with Crippen molar-refractivity contribution < 1.29 is 9.90 Å². The van der Waals surface area contributed by atoms with Crippen molar-refractivity contribution in [2.75, 3.05) is 5.73 Å². The summed E-state index contributed by atoms with van der Waals surface area (Å²) in [6.45, 7) is 0. The van der Waals surface area contributed by atoms with Crippen LogP contribution in [0.15, 0.2) is 51.8 Å². The molecule has 2 rings (SSSR count). The van der Waals surface area contributed by atoms with Crippen LogP contribution < -0.4 is 5.73 Å². The van der Waals surface area contributed by atoms with Crippen LogP contribution in [-0.4, -0.2) is 11.1 Å². The van der Waals surface area contributed by atoms with Crippen molar-refractivity contribution in [3.8, 4) is 0 Å². The standard InChI is InChI=1S/C15H14BrNO2S/c16-12-5-6-13(17)14(8-12)20-9-11-3-1-10(2-4-11)7-15(18)19/h1-6,8H,7,9,17H2,(H,18,19). The highest BCUT2D eigenvalue weighted by molar-refractivity contribution is 9.10. The first-order chi connectivity index (χ1) is 9.54. The Labute approximate surface area is 130 Å². The number of hydrogen-bond acceptors (Lipinski definition) is 3. The third kappa shape index (κ3) is 4.28. The summed E-state index contributed by atoms with van der Waals surface area (Å²) in [4.78, 5) is 11.6. The lowest BCUT2D eigenvalue weighted by molar-refractivity contribution is -0.136. The van der Waals surface area contributed by atoms with Crippen LogP contribution in [0.4, 0.5) is 5.69 Å². The van der Waals surface area contributed by atoms with Gasteiger partial charge < -0.3 is 10.8 Å². The number of benzene rings is 2. The fourth-order valence-electron chi connectivity index (χ4n) is 1.72. The van der Waals surface area contributed by atoms with Gasteiger partial charge in [0.2, 0.25) is 0 Å². The van der Waals surface area contributed by atoms with Crippen molar-refractivity contribution >= 4 is 39.3 Å². The van der Waals surface area contributed by atoms with Crippen LogP contribution in [0.5, 0.6) is 0 Å². The Morgan fingerprint density at radius 2 is 1.80 bits per heavy atom. The van der Waals surface area contributed by atoms with Gasteiger partial charge in [0.15, 0.2) is 0 Å². The third-order valence-electron chi connectivity index (χ3n) is 2.75. The summed E-state index contributed by atoms with van der Waals surface area (Å²) in [5.41, 5.74) is 8.65. The first kappa shape index (κ1) is 14.9. The zero-order valence-corrected chi connectivity index (χ0v) is 13.1. The molecule has 5 heteroatoms. The number of aliphatic carboxylic acids is 1. The van der Waals surface area contributed by atoms with Gasteiger partial charge in [-0.05, 0) is 29.3 Å². The molecule has 0 saturated heterocycles. The molecule has 3 nitrogen and oxygen atoms in total. The van der Waals surface area contributed by atoms with Gasteiger partial charge in [-0.2, -0.15) is 0 Å². The number of carbonyl (C=O) groups is 1. The molecule has 0 heterocycles. The SMILES string of the molecule is Nc1ccc(Br)cc1SCc1ccc(CC(=O)O)cc1. The zero-order valence-electron chi connectivity index (χ0n) is 10.7. The zero-order chi connectivity index (χ0) is 14.5. The van der Waals surface area contributed by atoms with Crippen LogP contribution in [0.25, 0.3) is 0 Å². The average molecular weight is 352 g/mol. The summed E-state index contributed by atoms with van der Waals surface area (Å²) in [6.07, 6.45) is 0.0615. The van der Waals surface area contributed by atoms with Crippen molar-refractivity contribution in [1.29, 1.82) is 0 Å². The van der Waals surface area contributed by atoms with E-state index in [1.165, 1.54) is 0 Å². The minimum absolute atomic E-state index is 0.0615. The molecule has 0 atom stereocenters. The van der Waals surface area contributed by atoms with E-state index in [9.17, 15) is 4.79 Å². The maximum absolute atomic E-state index is 10.6. The number of rotatable bonds is 5. The molecule has 0 unspecified atom stereocenters. The van der Waals surface area contributed by atoms with Gasteiger partial charge >= 0.3 is 5.97 Å². The van der Waals surface area contributed by atoms with Gasteiger partial charge in [-0.3, -0.25) is 4.79 Å². The van der Waals surface area contributed by atoms with Crippen LogP contribution in [0.3, 0.4) is 0 Å². The fraction of sp³-hybridized carbons (Fsp3) is 0.133. The minimum atomic E-state index is -0.811. The molecular formula is C15H14BrNO2S. The number of hydrogen-bond donors (Lipinski definition) is 2. The third-order valence-corrected chi connectivity index (χ3v) is 4.38. The van der Waals surface area contributed by atoms with E-state index >= 15 is 0 Å². The van der Waals surface area contributed by atoms with E-state index in [2.05, 4.69) is 15.9 Å². The second-order valence-electron chi connectivity index (χ2n) is 4.36. The van der Waals surface area contributed by atoms with E-state index in [0.29, 0.717) is 0 Å². The van der Waals surface area contributed by atoms with Gasteiger partial charge in [0.05, 0.1) is 6.42 Å². The van der Waals surface area contributed by atoms with Gasteiger partial charge in [-0.15, -0.1) is 11.8 Å². The predicted octanol–water partition coefficient (Wildman–Crippen LogP) is 3.95. The van der Waals surface area contributed by atoms with E-state index < -0.39 is 5.97 Å². The molecule has 104 valence electrons. The number of anilines is 1. The lowest BCUT2D eigenvalue weighted by Gasteiger charge is -2.06. The highest BCUT2D eigenvalue weighted by Gasteiger charge is 2.03. The average Bonchev–Trinajstić information content (AvgIpc) is 2.41. The largest absolute Gasteiger partial charge is 0.481 e. The van der Waals surface area contributed by atoms with Gasteiger partial charge in [0.25, 0.3) is 0 Å². The van der Waals surface area contributed by atoms with E-state index in [1.54, 1.807) is 11.8 Å². The summed E-state index contributed by atoms with van der Waals surface area (Å²) < 4.78 is 1.01. The highest BCUT2D eigenvalue weighted by atomic mass is 79.9. The second-order valence-corrected chi connectivity index (χ2v) is 6.29. The van der Waals surface area contributed by atoms with Crippen LogP contribution in [-0.2, 0) is 17.0 Å². The molecule has 20 heavy (non-hydrogen) atoms. The molecule has 2 aromatic carbocycles. The second kappa shape index (κ2) is 6.81. The molecule has 0 aliphatic carbocycles. The number of carboxylic acids is 1. The maximum Gasteiger partial charge on any atom is 0.307 e. The topological polar surface area (TPSA) is 63.3 Å². The Bertz CT molecular complexity index is 614. The fourth-order valence-corrected chi connectivity index (χ4v) is 3.19. The highest BCUT2D eigenvalue weighted by Crippen LogP contribution is 2.30. The lowest BCUT2D eigenvalue weighted by atomic mass is 10.1.